The van der Waals surface area contributed by atoms with E-state index in [-0.39, 0.29) is 17.9 Å². The number of benzene rings is 1. The SMILES string of the molecule is COc1cc(O)c(O)c(C(C)CN)c1F. The van der Waals surface area contributed by atoms with Crippen LogP contribution in [0, 0.1) is 5.82 Å². The number of phenols is 2. The fourth-order valence-electron chi connectivity index (χ4n) is 1.35. The lowest BCUT2D eigenvalue weighted by Crippen LogP contribution is -2.11. The van der Waals surface area contributed by atoms with E-state index in [1.807, 2.05) is 0 Å². The van der Waals surface area contributed by atoms with Crippen LogP contribution in [0.4, 0.5) is 4.39 Å². The van der Waals surface area contributed by atoms with Crippen LogP contribution in [0.3, 0.4) is 0 Å². The van der Waals surface area contributed by atoms with Gasteiger partial charge in [-0.25, -0.2) is 4.39 Å². The third-order valence-corrected chi connectivity index (χ3v) is 2.28. The standard InChI is InChI=1S/C10H14FNO3/c1-5(4-12)8-9(11)7(15-2)3-6(13)10(8)14/h3,5,13-14H,4,12H2,1-2H3. The van der Waals surface area contributed by atoms with E-state index >= 15 is 0 Å². The van der Waals surface area contributed by atoms with Crippen LogP contribution in [0.25, 0.3) is 0 Å². The minimum atomic E-state index is -0.689. The van der Waals surface area contributed by atoms with E-state index in [1.54, 1.807) is 6.92 Å². The first-order valence-electron chi connectivity index (χ1n) is 4.51. The fourth-order valence-corrected chi connectivity index (χ4v) is 1.35. The molecule has 1 rings (SSSR count). The second-order valence-corrected chi connectivity index (χ2v) is 3.31. The first-order valence-corrected chi connectivity index (χ1v) is 4.51. The summed E-state index contributed by atoms with van der Waals surface area (Å²) in [6.07, 6.45) is 0. The molecule has 0 saturated carbocycles. The van der Waals surface area contributed by atoms with Gasteiger partial charge >= 0.3 is 0 Å². The summed E-state index contributed by atoms with van der Waals surface area (Å²) in [5.41, 5.74) is 5.36. The van der Waals surface area contributed by atoms with Gasteiger partial charge in [0.15, 0.2) is 23.1 Å². The molecule has 4 nitrogen and oxygen atoms in total. The number of hydrogen-bond donors (Lipinski definition) is 3. The third kappa shape index (κ3) is 1.97. The van der Waals surface area contributed by atoms with Crippen molar-refractivity contribution in [1.29, 1.82) is 0 Å². The van der Waals surface area contributed by atoms with Gasteiger partial charge in [0.1, 0.15) is 0 Å². The Bertz CT molecular complexity index is 368. The van der Waals surface area contributed by atoms with Gasteiger partial charge in [-0.3, -0.25) is 0 Å². The zero-order valence-electron chi connectivity index (χ0n) is 8.62. The lowest BCUT2D eigenvalue weighted by molar-refractivity contribution is 0.356. The largest absolute Gasteiger partial charge is 0.504 e. The summed E-state index contributed by atoms with van der Waals surface area (Å²) >= 11 is 0. The number of ether oxygens (including phenoxy) is 1. The molecule has 1 atom stereocenters. The van der Waals surface area contributed by atoms with Crippen LogP contribution in [-0.2, 0) is 0 Å². The predicted molar refractivity (Wildman–Crippen MR) is 53.8 cm³/mol. The Morgan fingerprint density at radius 3 is 2.60 bits per heavy atom. The van der Waals surface area contributed by atoms with Gasteiger partial charge in [-0.2, -0.15) is 0 Å². The molecule has 15 heavy (non-hydrogen) atoms. The number of halogens is 1. The Hall–Kier alpha value is -1.49. The van der Waals surface area contributed by atoms with Crippen molar-refractivity contribution in [3.8, 4) is 17.2 Å². The maximum Gasteiger partial charge on any atom is 0.172 e. The lowest BCUT2D eigenvalue weighted by Gasteiger charge is -2.15. The van der Waals surface area contributed by atoms with Crippen LogP contribution >= 0.6 is 0 Å². The molecule has 1 aromatic carbocycles. The smallest absolute Gasteiger partial charge is 0.172 e. The number of phenolic OH excluding ortho intramolecular Hbond substituents is 2. The summed E-state index contributed by atoms with van der Waals surface area (Å²) in [5, 5.41) is 18.8. The van der Waals surface area contributed by atoms with Gasteiger partial charge in [0.05, 0.1) is 7.11 Å². The molecule has 1 unspecified atom stereocenters. The molecule has 0 saturated heterocycles. The Kier molecular flexibility index (Phi) is 3.36. The zero-order chi connectivity index (χ0) is 11.6. The monoisotopic (exact) mass is 215 g/mol. The summed E-state index contributed by atoms with van der Waals surface area (Å²) in [5.74, 6) is -2.09. The summed E-state index contributed by atoms with van der Waals surface area (Å²) in [6, 6.07) is 1.03. The van der Waals surface area contributed by atoms with E-state index in [2.05, 4.69) is 0 Å². The molecular weight excluding hydrogens is 201 g/mol. The van der Waals surface area contributed by atoms with Crippen molar-refractivity contribution in [1.82, 2.24) is 0 Å². The first kappa shape index (κ1) is 11.6. The van der Waals surface area contributed by atoms with Crippen molar-refractivity contribution < 1.29 is 19.3 Å². The molecule has 0 aromatic heterocycles. The van der Waals surface area contributed by atoms with E-state index in [1.165, 1.54) is 7.11 Å². The maximum absolute atomic E-state index is 13.7. The topological polar surface area (TPSA) is 75.7 Å². The van der Waals surface area contributed by atoms with Gasteiger partial charge in [-0.15, -0.1) is 0 Å². The Morgan fingerprint density at radius 2 is 2.13 bits per heavy atom. The molecule has 0 amide bonds. The number of methoxy groups -OCH3 is 1. The van der Waals surface area contributed by atoms with Crippen molar-refractivity contribution in [2.75, 3.05) is 13.7 Å². The minimum Gasteiger partial charge on any atom is -0.504 e. The second-order valence-electron chi connectivity index (χ2n) is 3.31. The normalized spacial score (nSPS) is 12.5. The molecule has 0 aliphatic rings. The summed E-state index contributed by atoms with van der Waals surface area (Å²) in [7, 11) is 1.28. The van der Waals surface area contributed by atoms with Crippen LogP contribution in [0.15, 0.2) is 6.07 Å². The van der Waals surface area contributed by atoms with Gasteiger partial charge in [-0.1, -0.05) is 6.92 Å². The van der Waals surface area contributed by atoms with Gasteiger partial charge in [0, 0.05) is 17.5 Å². The van der Waals surface area contributed by atoms with Gasteiger partial charge < -0.3 is 20.7 Å². The number of nitrogens with two attached hydrogens (primary N) is 1. The third-order valence-electron chi connectivity index (χ3n) is 2.28. The van der Waals surface area contributed by atoms with E-state index in [9.17, 15) is 14.6 Å². The fraction of sp³-hybridized carbons (Fsp3) is 0.400. The van der Waals surface area contributed by atoms with Crippen LogP contribution in [-0.4, -0.2) is 23.9 Å². The van der Waals surface area contributed by atoms with Crippen molar-refractivity contribution in [2.24, 2.45) is 5.73 Å². The predicted octanol–water partition coefficient (Wildman–Crippen LogP) is 1.31. The molecular formula is C10H14FNO3. The maximum atomic E-state index is 13.7. The molecule has 4 N–H and O–H groups in total. The Labute approximate surface area is 87.1 Å². The highest BCUT2D eigenvalue weighted by atomic mass is 19.1. The Balaban J connectivity index is 3.40. The van der Waals surface area contributed by atoms with E-state index in [4.69, 9.17) is 10.5 Å². The van der Waals surface area contributed by atoms with Crippen molar-refractivity contribution in [2.45, 2.75) is 12.8 Å². The highest BCUT2D eigenvalue weighted by Crippen LogP contribution is 2.40. The Morgan fingerprint density at radius 1 is 1.53 bits per heavy atom. The minimum absolute atomic E-state index is 0.0191. The van der Waals surface area contributed by atoms with Crippen LogP contribution in [0.2, 0.25) is 0 Å². The average molecular weight is 215 g/mol. The molecule has 0 fully saturated rings. The molecule has 5 heteroatoms. The second kappa shape index (κ2) is 4.35. The molecule has 84 valence electrons. The first-order chi connectivity index (χ1) is 7.02. The molecule has 0 spiro atoms. The summed E-state index contributed by atoms with van der Waals surface area (Å²) in [6.45, 7) is 1.81. The average Bonchev–Trinajstić information content (AvgIpc) is 2.23. The molecule has 0 heterocycles. The molecule has 1 aromatic rings. The molecule has 0 aliphatic carbocycles. The van der Waals surface area contributed by atoms with Gasteiger partial charge in [0.2, 0.25) is 0 Å². The van der Waals surface area contributed by atoms with E-state index < -0.39 is 23.2 Å². The van der Waals surface area contributed by atoms with Crippen molar-refractivity contribution >= 4 is 0 Å². The van der Waals surface area contributed by atoms with Crippen LogP contribution in [0.5, 0.6) is 17.2 Å². The molecule has 0 aliphatic heterocycles. The zero-order valence-corrected chi connectivity index (χ0v) is 8.62. The highest BCUT2D eigenvalue weighted by molar-refractivity contribution is 5.52. The molecule has 0 bridgehead atoms. The number of hydrogen-bond acceptors (Lipinski definition) is 4. The van der Waals surface area contributed by atoms with Crippen LogP contribution in [0.1, 0.15) is 18.4 Å². The summed E-state index contributed by atoms with van der Waals surface area (Å²) < 4.78 is 18.4. The van der Waals surface area contributed by atoms with E-state index in [0.717, 1.165) is 6.07 Å². The quantitative estimate of drug-likeness (QED) is 0.664. The number of aromatic hydroxyl groups is 2. The highest BCUT2D eigenvalue weighted by Gasteiger charge is 2.21. The van der Waals surface area contributed by atoms with Crippen molar-refractivity contribution in [3.05, 3.63) is 17.4 Å². The van der Waals surface area contributed by atoms with Crippen molar-refractivity contribution in [3.63, 3.8) is 0 Å². The van der Waals surface area contributed by atoms with Gasteiger partial charge in [-0.05, 0) is 6.54 Å². The van der Waals surface area contributed by atoms with Crippen LogP contribution < -0.4 is 10.5 Å². The van der Waals surface area contributed by atoms with E-state index in [0.29, 0.717) is 0 Å². The van der Waals surface area contributed by atoms with Gasteiger partial charge in [0.25, 0.3) is 0 Å². The number of rotatable bonds is 3. The lowest BCUT2D eigenvalue weighted by atomic mass is 9.98. The summed E-state index contributed by atoms with van der Waals surface area (Å²) in [4.78, 5) is 0. The molecule has 0 radical (unpaired) electrons.